The largest absolute Gasteiger partial charge is 0.416 e. The predicted molar refractivity (Wildman–Crippen MR) is 113 cm³/mol. The Bertz CT molecular complexity index is 835. The van der Waals surface area contributed by atoms with Gasteiger partial charge in [0.1, 0.15) is 0 Å². The lowest BCUT2D eigenvalue weighted by molar-refractivity contribution is -0.137. The molecule has 0 heterocycles. The first kappa shape index (κ1) is 22.4. The number of rotatable bonds is 10. The summed E-state index contributed by atoms with van der Waals surface area (Å²) < 4.78 is 38.8. The van der Waals surface area contributed by atoms with E-state index in [1.165, 1.54) is 17.7 Å². The Morgan fingerprint density at radius 3 is 2.13 bits per heavy atom. The van der Waals surface area contributed by atoms with Crippen molar-refractivity contribution in [3.05, 3.63) is 71.3 Å². The maximum atomic E-state index is 12.9. The van der Waals surface area contributed by atoms with Crippen molar-refractivity contribution in [2.45, 2.75) is 50.6 Å². The van der Waals surface area contributed by atoms with E-state index in [2.05, 4.69) is 30.0 Å². The second-order valence-corrected chi connectivity index (χ2v) is 8.21. The minimum absolute atomic E-state index is 0.249. The van der Waals surface area contributed by atoms with Gasteiger partial charge >= 0.3 is 6.18 Å². The van der Waals surface area contributed by atoms with E-state index in [0.717, 1.165) is 63.0 Å². The van der Waals surface area contributed by atoms with Gasteiger partial charge in [-0.25, -0.2) is 0 Å². The second kappa shape index (κ2) is 9.66. The Morgan fingerprint density at radius 2 is 1.60 bits per heavy atom. The highest BCUT2D eigenvalue weighted by Crippen LogP contribution is 2.50. The first-order valence-corrected chi connectivity index (χ1v) is 10.7. The molecule has 0 aromatic heterocycles. The van der Waals surface area contributed by atoms with Crippen molar-refractivity contribution in [3.63, 3.8) is 0 Å². The summed E-state index contributed by atoms with van der Waals surface area (Å²) in [7, 11) is 0. The molecule has 0 radical (unpaired) electrons. The highest BCUT2D eigenvalue weighted by molar-refractivity contribution is 5.38. The molecule has 2 aromatic rings. The van der Waals surface area contributed by atoms with Gasteiger partial charge in [-0.2, -0.15) is 18.4 Å². The van der Waals surface area contributed by atoms with Crippen LogP contribution < -0.4 is 0 Å². The van der Waals surface area contributed by atoms with Crippen LogP contribution in [0.4, 0.5) is 13.2 Å². The molecule has 0 bridgehead atoms. The van der Waals surface area contributed by atoms with E-state index in [1.807, 2.05) is 18.2 Å². The van der Waals surface area contributed by atoms with Crippen molar-refractivity contribution in [1.82, 2.24) is 4.90 Å². The zero-order chi connectivity index (χ0) is 21.6. The number of alkyl halides is 3. The van der Waals surface area contributed by atoms with Crippen molar-refractivity contribution in [2.75, 3.05) is 19.6 Å². The lowest BCUT2D eigenvalue weighted by atomic mass is 9.73. The number of nitriles is 1. The minimum Gasteiger partial charge on any atom is -0.303 e. The fourth-order valence-corrected chi connectivity index (χ4v) is 4.27. The van der Waals surface area contributed by atoms with Gasteiger partial charge in [0.2, 0.25) is 0 Å². The zero-order valence-corrected chi connectivity index (χ0v) is 17.5. The summed E-state index contributed by atoms with van der Waals surface area (Å²) in [5.74, 6) is 0.249. The molecule has 5 heteroatoms. The molecule has 0 N–H and O–H groups in total. The Hall–Kier alpha value is -2.32. The van der Waals surface area contributed by atoms with Crippen LogP contribution in [-0.4, -0.2) is 24.5 Å². The van der Waals surface area contributed by atoms with Gasteiger partial charge in [-0.05, 0) is 74.4 Å². The molecule has 1 saturated carbocycles. The highest BCUT2D eigenvalue weighted by atomic mass is 19.4. The molecule has 2 nitrogen and oxygen atoms in total. The maximum Gasteiger partial charge on any atom is 0.416 e. The molecule has 0 aliphatic heterocycles. The average Bonchev–Trinajstić information content (AvgIpc) is 3.60. The normalized spacial score (nSPS) is 16.3. The van der Waals surface area contributed by atoms with Crippen LogP contribution in [0.25, 0.3) is 0 Å². The Morgan fingerprint density at radius 1 is 0.967 bits per heavy atom. The lowest BCUT2D eigenvalue weighted by Crippen LogP contribution is -2.31. The summed E-state index contributed by atoms with van der Waals surface area (Å²) in [6.45, 7) is 4.93. The Balaban J connectivity index is 1.63. The standard InChI is InChI=1S/C25H29F3N2/c1-2-30(18-15-20-7-4-3-5-8-20)17-6-16-24(19-29,21-9-10-21)22-11-13-23(14-12-22)25(26,27)28/h3-5,7-8,11-14,21H,2,6,9-10,15-18H2,1H3. The summed E-state index contributed by atoms with van der Waals surface area (Å²) in [5, 5.41) is 10.1. The number of hydrogen-bond donors (Lipinski definition) is 0. The highest BCUT2D eigenvalue weighted by Gasteiger charge is 2.46. The van der Waals surface area contributed by atoms with Crippen molar-refractivity contribution in [3.8, 4) is 6.07 Å². The molecular weight excluding hydrogens is 385 g/mol. The fourth-order valence-electron chi connectivity index (χ4n) is 4.27. The van der Waals surface area contributed by atoms with Crippen LogP contribution in [0.3, 0.4) is 0 Å². The SMILES string of the molecule is CCN(CCCC(C#N)(c1ccc(C(F)(F)F)cc1)C1CC1)CCc1ccccc1. The first-order chi connectivity index (χ1) is 14.4. The molecule has 1 atom stereocenters. The first-order valence-electron chi connectivity index (χ1n) is 10.7. The van der Waals surface area contributed by atoms with E-state index in [9.17, 15) is 18.4 Å². The number of halogens is 3. The molecule has 0 spiro atoms. The maximum absolute atomic E-state index is 12.9. The van der Waals surface area contributed by atoms with E-state index < -0.39 is 17.2 Å². The quantitative estimate of drug-likeness (QED) is 0.461. The lowest BCUT2D eigenvalue weighted by Gasteiger charge is -2.29. The van der Waals surface area contributed by atoms with Crippen molar-refractivity contribution >= 4 is 0 Å². The smallest absolute Gasteiger partial charge is 0.303 e. The molecule has 3 rings (SSSR count). The van der Waals surface area contributed by atoms with E-state index in [1.54, 1.807) is 0 Å². The van der Waals surface area contributed by atoms with Crippen LogP contribution in [-0.2, 0) is 18.0 Å². The summed E-state index contributed by atoms with van der Waals surface area (Å²) in [6, 6.07) is 18.1. The third kappa shape index (κ3) is 5.43. The van der Waals surface area contributed by atoms with Crippen LogP contribution in [0.5, 0.6) is 0 Å². The number of hydrogen-bond acceptors (Lipinski definition) is 2. The van der Waals surface area contributed by atoms with Gasteiger partial charge in [0.15, 0.2) is 0 Å². The number of benzene rings is 2. The number of likely N-dealkylation sites (N-methyl/N-ethyl adjacent to an activating group) is 1. The minimum atomic E-state index is -4.35. The molecular formula is C25H29F3N2. The van der Waals surface area contributed by atoms with Crippen molar-refractivity contribution in [1.29, 1.82) is 5.26 Å². The third-order valence-electron chi connectivity index (χ3n) is 6.25. The van der Waals surface area contributed by atoms with Crippen LogP contribution in [0.15, 0.2) is 54.6 Å². The van der Waals surface area contributed by atoms with Crippen LogP contribution in [0.1, 0.15) is 49.3 Å². The summed E-state index contributed by atoms with van der Waals surface area (Å²) in [5.41, 5.74) is 0.702. The van der Waals surface area contributed by atoms with E-state index >= 15 is 0 Å². The van der Waals surface area contributed by atoms with Crippen molar-refractivity contribution in [2.24, 2.45) is 5.92 Å². The van der Waals surface area contributed by atoms with Gasteiger partial charge < -0.3 is 4.90 Å². The molecule has 1 unspecified atom stereocenters. The molecule has 30 heavy (non-hydrogen) atoms. The Kier molecular flexibility index (Phi) is 7.20. The molecule has 2 aromatic carbocycles. The fraction of sp³-hybridized carbons (Fsp3) is 0.480. The second-order valence-electron chi connectivity index (χ2n) is 8.21. The molecule has 0 saturated heterocycles. The van der Waals surface area contributed by atoms with E-state index in [-0.39, 0.29) is 5.92 Å². The summed E-state index contributed by atoms with van der Waals surface area (Å²) >= 11 is 0. The van der Waals surface area contributed by atoms with Gasteiger partial charge in [0.25, 0.3) is 0 Å². The molecule has 160 valence electrons. The topological polar surface area (TPSA) is 27.0 Å². The average molecular weight is 415 g/mol. The van der Waals surface area contributed by atoms with Gasteiger partial charge in [-0.1, -0.05) is 49.4 Å². The van der Waals surface area contributed by atoms with Crippen LogP contribution >= 0.6 is 0 Å². The summed E-state index contributed by atoms with van der Waals surface area (Å²) in [6.07, 6.45) is 0.114. The van der Waals surface area contributed by atoms with Gasteiger partial charge in [-0.3, -0.25) is 0 Å². The Labute approximate surface area is 177 Å². The van der Waals surface area contributed by atoms with Gasteiger partial charge in [-0.15, -0.1) is 0 Å². The third-order valence-corrected chi connectivity index (χ3v) is 6.25. The molecule has 1 aliphatic rings. The molecule has 1 fully saturated rings. The summed E-state index contributed by atoms with van der Waals surface area (Å²) in [4.78, 5) is 2.38. The van der Waals surface area contributed by atoms with E-state index in [0.29, 0.717) is 6.42 Å². The van der Waals surface area contributed by atoms with Crippen LogP contribution in [0.2, 0.25) is 0 Å². The zero-order valence-electron chi connectivity index (χ0n) is 17.5. The van der Waals surface area contributed by atoms with Gasteiger partial charge in [0.05, 0.1) is 17.0 Å². The monoisotopic (exact) mass is 414 g/mol. The molecule has 0 amide bonds. The number of nitrogens with zero attached hydrogens (tertiary/aromatic N) is 2. The van der Waals surface area contributed by atoms with Gasteiger partial charge in [0, 0.05) is 6.54 Å². The van der Waals surface area contributed by atoms with Crippen LogP contribution in [0, 0.1) is 17.2 Å². The van der Waals surface area contributed by atoms with E-state index in [4.69, 9.17) is 0 Å². The molecule has 1 aliphatic carbocycles. The van der Waals surface area contributed by atoms with Crippen molar-refractivity contribution < 1.29 is 13.2 Å². The predicted octanol–water partition coefficient (Wildman–Crippen LogP) is 6.22.